The predicted molar refractivity (Wildman–Crippen MR) is 72.0 cm³/mol. The zero-order chi connectivity index (χ0) is 13.1. The van der Waals surface area contributed by atoms with Crippen LogP contribution in [0.5, 0.6) is 0 Å². The molecule has 18 heavy (non-hydrogen) atoms. The summed E-state index contributed by atoms with van der Waals surface area (Å²) in [7, 11) is 2.10. The first-order valence-corrected chi connectivity index (χ1v) is 6.27. The lowest BCUT2D eigenvalue weighted by atomic mass is 10.2. The van der Waals surface area contributed by atoms with Crippen LogP contribution in [0.25, 0.3) is 0 Å². The normalized spacial score (nSPS) is 14.8. The predicted octanol–water partition coefficient (Wildman–Crippen LogP) is 2.41. The van der Waals surface area contributed by atoms with Gasteiger partial charge in [0, 0.05) is 25.2 Å². The molecule has 0 heterocycles. The number of aryl methyl sites for hydroxylation is 1. The third-order valence-corrected chi connectivity index (χ3v) is 3.30. The summed E-state index contributed by atoms with van der Waals surface area (Å²) in [6.07, 6.45) is 2.56. The van der Waals surface area contributed by atoms with Crippen molar-refractivity contribution in [3.05, 3.63) is 33.9 Å². The van der Waals surface area contributed by atoms with Crippen LogP contribution in [-0.4, -0.2) is 36.0 Å². The van der Waals surface area contributed by atoms with Crippen LogP contribution < -0.4 is 5.32 Å². The SMILES string of the molecule is Cc1ccc(NCCN(C)C2CC2)c([N+](=O)[O-])c1. The van der Waals surface area contributed by atoms with E-state index in [1.54, 1.807) is 12.1 Å². The lowest BCUT2D eigenvalue weighted by Gasteiger charge is -2.16. The van der Waals surface area contributed by atoms with Gasteiger partial charge in [-0.3, -0.25) is 10.1 Å². The van der Waals surface area contributed by atoms with E-state index in [0.29, 0.717) is 5.69 Å². The number of anilines is 1. The standard InChI is InChI=1S/C13H19N3O2/c1-10-3-6-12(13(9-10)16(17)18)14-7-8-15(2)11-4-5-11/h3,6,9,11,14H,4-5,7-8H2,1-2H3. The van der Waals surface area contributed by atoms with Crippen LogP contribution in [-0.2, 0) is 0 Å². The summed E-state index contributed by atoms with van der Waals surface area (Å²) in [6.45, 7) is 3.50. The molecule has 0 atom stereocenters. The summed E-state index contributed by atoms with van der Waals surface area (Å²) < 4.78 is 0. The average Bonchev–Trinajstić information content (AvgIpc) is 3.14. The number of nitrogens with one attached hydrogen (secondary N) is 1. The molecule has 0 aliphatic heterocycles. The maximum absolute atomic E-state index is 10.9. The minimum Gasteiger partial charge on any atom is -0.378 e. The quantitative estimate of drug-likeness (QED) is 0.621. The number of likely N-dealkylation sites (N-methyl/N-ethyl adjacent to an activating group) is 1. The van der Waals surface area contributed by atoms with Gasteiger partial charge in [0.1, 0.15) is 5.69 Å². The van der Waals surface area contributed by atoms with E-state index in [-0.39, 0.29) is 10.6 Å². The molecule has 0 saturated heterocycles. The summed E-state index contributed by atoms with van der Waals surface area (Å²) in [5, 5.41) is 14.1. The summed E-state index contributed by atoms with van der Waals surface area (Å²) in [6, 6.07) is 6.00. The summed E-state index contributed by atoms with van der Waals surface area (Å²) >= 11 is 0. The molecular weight excluding hydrogens is 230 g/mol. The van der Waals surface area contributed by atoms with E-state index >= 15 is 0 Å². The Balaban J connectivity index is 1.93. The van der Waals surface area contributed by atoms with Crippen LogP contribution in [0.3, 0.4) is 0 Å². The van der Waals surface area contributed by atoms with E-state index < -0.39 is 0 Å². The van der Waals surface area contributed by atoms with E-state index in [1.165, 1.54) is 12.8 Å². The van der Waals surface area contributed by atoms with Gasteiger partial charge in [-0.1, -0.05) is 6.07 Å². The second-order valence-electron chi connectivity index (χ2n) is 4.92. The molecule has 1 N–H and O–H groups in total. The Bertz CT molecular complexity index is 444. The third kappa shape index (κ3) is 3.20. The molecular formula is C13H19N3O2. The molecule has 0 amide bonds. The molecule has 1 aromatic rings. The van der Waals surface area contributed by atoms with Crippen molar-refractivity contribution in [3.8, 4) is 0 Å². The Morgan fingerprint density at radius 2 is 2.22 bits per heavy atom. The topological polar surface area (TPSA) is 58.4 Å². The van der Waals surface area contributed by atoms with Gasteiger partial charge in [-0.25, -0.2) is 0 Å². The highest BCUT2D eigenvalue weighted by Gasteiger charge is 2.25. The van der Waals surface area contributed by atoms with Gasteiger partial charge in [-0.2, -0.15) is 0 Å². The molecule has 2 rings (SSSR count). The summed E-state index contributed by atoms with van der Waals surface area (Å²) in [5.41, 5.74) is 1.67. The van der Waals surface area contributed by atoms with E-state index in [1.807, 2.05) is 13.0 Å². The highest BCUT2D eigenvalue weighted by molar-refractivity contribution is 5.62. The van der Waals surface area contributed by atoms with Crippen molar-refractivity contribution in [1.82, 2.24) is 4.90 Å². The molecule has 0 radical (unpaired) electrons. The number of hydrogen-bond donors (Lipinski definition) is 1. The van der Waals surface area contributed by atoms with Gasteiger partial charge >= 0.3 is 0 Å². The Kier molecular flexibility index (Phi) is 3.81. The van der Waals surface area contributed by atoms with E-state index in [0.717, 1.165) is 24.7 Å². The lowest BCUT2D eigenvalue weighted by Crippen LogP contribution is -2.27. The molecule has 98 valence electrons. The molecule has 1 saturated carbocycles. The van der Waals surface area contributed by atoms with Gasteiger partial charge in [-0.15, -0.1) is 0 Å². The Morgan fingerprint density at radius 3 is 2.83 bits per heavy atom. The molecule has 0 unspecified atom stereocenters. The van der Waals surface area contributed by atoms with Gasteiger partial charge < -0.3 is 10.2 Å². The van der Waals surface area contributed by atoms with Gasteiger partial charge in [0.15, 0.2) is 0 Å². The number of nitro benzene ring substituents is 1. The molecule has 1 aliphatic rings. The molecule has 0 spiro atoms. The van der Waals surface area contributed by atoms with Gasteiger partial charge in [0.05, 0.1) is 4.92 Å². The van der Waals surface area contributed by atoms with E-state index in [9.17, 15) is 10.1 Å². The fraction of sp³-hybridized carbons (Fsp3) is 0.538. The first kappa shape index (κ1) is 12.8. The van der Waals surface area contributed by atoms with E-state index in [4.69, 9.17) is 0 Å². The molecule has 0 aromatic heterocycles. The lowest BCUT2D eigenvalue weighted by molar-refractivity contribution is -0.384. The molecule has 1 aliphatic carbocycles. The van der Waals surface area contributed by atoms with Crippen molar-refractivity contribution in [2.24, 2.45) is 0 Å². The zero-order valence-corrected chi connectivity index (χ0v) is 10.8. The minimum atomic E-state index is -0.333. The van der Waals surface area contributed by atoms with Gasteiger partial charge in [-0.05, 0) is 38.4 Å². The van der Waals surface area contributed by atoms with Crippen LogP contribution in [0.15, 0.2) is 18.2 Å². The van der Waals surface area contributed by atoms with Crippen molar-refractivity contribution in [2.45, 2.75) is 25.8 Å². The molecule has 1 fully saturated rings. The summed E-state index contributed by atoms with van der Waals surface area (Å²) in [4.78, 5) is 12.9. The highest BCUT2D eigenvalue weighted by Crippen LogP contribution is 2.26. The second kappa shape index (κ2) is 5.35. The molecule has 1 aromatic carbocycles. The second-order valence-corrected chi connectivity index (χ2v) is 4.92. The fourth-order valence-electron chi connectivity index (χ4n) is 2.01. The molecule has 5 nitrogen and oxygen atoms in total. The van der Waals surface area contributed by atoms with Crippen LogP contribution in [0.2, 0.25) is 0 Å². The number of nitro groups is 1. The van der Waals surface area contributed by atoms with Crippen LogP contribution in [0.1, 0.15) is 18.4 Å². The van der Waals surface area contributed by atoms with E-state index in [2.05, 4.69) is 17.3 Å². The average molecular weight is 249 g/mol. The smallest absolute Gasteiger partial charge is 0.292 e. The Morgan fingerprint density at radius 1 is 1.50 bits per heavy atom. The van der Waals surface area contributed by atoms with Crippen molar-refractivity contribution < 1.29 is 4.92 Å². The summed E-state index contributed by atoms with van der Waals surface area (Å²) in [5.74, 6) is 0. The maximum Gasteiger partial charge on any atom is 0.292 e. The first-order valence-electron chi connectivity index (χ1n) is 6.27. The van der Waals surface area contributed by atoms with Gasteiger partial charge in [0.2, 0.25) is 0 Å². The third-order valence-electron chi connectivity index (χ3n) is 3.30. The largest absolute Gasteiger partial charge is 0.378 e. The number of hydrogen-bond acceptors (Lipinski definition) is 4. The first-order chi connectivity index (χ1) is 8.58. The number of nitrogens with zero attached hydrogens (tertiary/aromatic N) is 2. The molecule has 5 heteroatoms. The Hall–Kier alpha value is -1.62. The minimum absolute atomic E-state index is 0.157. The van der Waals surface area contributed by atoms with Gasteiger partial charge in [0.25, 0.3) is 5.69 Å². The van der Waals surface area contributed by atoms with Crippen molar-refractivity contribution >= 4 is 11.4 Å². The number of rotatable bonds is 6. The van der Waals surface area contributed by atoms with Crippen molar-refractivity contribution in [3.63, 3.8) is 0 Å². The maximum atomic E-state index is 10.9. The van der Waals surface area contributed by atoms with Crippen LogP contribution >= 0.6 is 0 Å². The fourth-order valence-corrected chi connectivity index (χ4v) is 2.01. The van der Waals surface area contributed by atoms with Crippen LogP contribution in [0.4, 0.5) is 11.4 Å². The molecule has 0 bridgehead atoms. The van der Waals surface area contributed by atoms with Crippen molar-refractivity contribution in [1.29, 1.82) is 0 Å². The highest BCUT2D eigenvalue weighted by atomic mass is 16.6. The zero-order valence-electron chi connectivity index (χ0n) is 10.8. The monoisotopic (exact) mass is 249 g/mol. The number of benzene rings is 1. The Labute approximate surface area is 107 Å². The van der Waals surface area contributed by atoms with Crippen LogP contribution in [0, 0.1) is 17.0 Å². The van der Waals surface area contributed by atoms with Crippen molar-refractivity contribution in [2.75, 3.05) is 25.5 Å².